The van der Waals surface area contributed by atoms with Crippen molar-refractivity contribution in [3.8, 4) is 0 Å². The topological polar surface area (TPSA) is 29.1 Å². The van der Waals surface area contributed by atoms with Gasteiger partial charge in [-0.05, 0) is 37.0 Å². The third kappa shape index (κ3) is 4.85. The molecule has 92 valence electrons. The number of unbranched alkanes of at least 4 members (excludes halogenated alkanes) is 1. The first-order valence-electron chi connectivity index (χ1n) is 6.26. The van der Waals surface area contributed by atoms with Gasteiger partial charge in [0.05, 0.1) is 0 Å². The van der Waals surface area contributed by atoms with Crippen molar-refractivity contribution < 1.29 is 4.79 Å². The molecular formula is C15H21NO. The molecule has 17 heavy (non-hydrogen) atoms. The monoisotopic (exact) mass is 231 g/mol. The Labute approximate surface area is 104 Å². The van der Waals surface area contributed by atoms with Crippen molar-refractivity contribution in [1.29, 1.82) is 0 Å². The Morgan fingerprint density at radius 1 is 1.35 bits per heavy atom. The summed E-state index contributed by atoms with van der Waals surface area (Å²) >= 11 is 0. The van der Waals surface area contributed by atoms with Crippen molar-refractivity contribution in [3.63, 3.8) is 0 Å². The van der Waals surface area contributed by atoms with Crippen LogP contribution in [-0.2, 0) is 6.42 Å². The van der Waals surface area contributed by atoms with Gasteiger partial charge < -0.3 is 5.32 Å². The molecule has 2 nitrogen and oxygen atoms in total. The van der Waals surface area contributed by atoms with Gasteiger partial charge in [0.1, 0.15) is 0 Å². The Kier molecular flexibility index (Phi) is 6.08. The quantitative estimate of drug-likeness (QED) is 0.566. The van der Waals surface area contributed by atoms with Gasteiger partial charge in [-0.3, -0.25) is 4.79 Å². The van der Waals surface area contributed by atoms with Gasteiger partial charge in [0, 0.05) is 12.1 Å². The van der Waals surface area contributed by atoms with E-state index < -0.39 is 0 Å². The molecule has 0 saturated heterocycles. The highest BCUT2D eigenvalue weighted by atomic mass is 16.1. The molecule has 0 atom stereocenters. The van der Waals surface area contributed by atoms with Gasteiger partial charge in [0.25, 0.3) is 5.91 Å². The molecule has 0 aliphatic heterocycles. The number of aryl methyl sites for hydroxylation is 1. The van der Waals surface area contributed by atoms with Crippen molar-refractivity contribution in [1.82, 2.24) is 5.32 Å². The lowest BCUT2D eigenvalue weighted by Crippen LogP contribution is -2.23. The molecule has 0 saturated carbocycles. The molecule has 1 aromatic carbocycles. The first-order valence-corrected chi connectivity index (χ1v) is 6.26. The summed E-state index contributed by atoms with van der Waals surface area (Å²) in [5.74, 6) is -0.00566. The van der Waals surface area contributed by atoms with Crippen LogP contribution in [0.1, 0.15) is 42.1 Å². The number of hydrogen-bond donors (Lipinski definition) is 1. The summed E-state index contributed by atoms with van der Waals surface area (Å²) in [7, 11) is 0. The number of rotatable bonds is 7. The zero-order valence-electron chi connectivity index (χ0n) is 10.5. The second-order valence-corrected chi connectivity index (χ2v) is 4.13. The van der Waals surface area contributed by atoms with Crippen LogP contribution in [0.3, 0.4) is 0 Å². The van der Waals surface area contributed by atoms with Gasteiger partial charge in [-0.15, -0.1) is 6.58 Å². The van der Waals surface area contributed by atoms with E-state index in [2.05, 4.69) is 18.8 Å². The van der Waals surface area contributed by atoms with E-state index in [0.29, 0.717) is 6.54 Å². The first-order chi connectivity index (χ1) is 8.27. The predicted molar refractivity (Wildman–Crippen MR) is 72.2 cm³/mol. The average molecular weight is 231 g/mol. The molecule has 1 rings (SSSR count). The molecular weight excluding hydrogens is 210 g/mol. The number of carbonyl (C=O) groups excluding carboxylic acids is 1. The zero-order chi connectivity index (χ0) is 12.5. The van der Waals surface area contributed by atoms with E-state index in [1.807, 2.05) is 24.3 Å². The number of benzene rings is 1. The lowest BCUT2D eigenvalue weighted by molar-refractivity contribution is 0.0954. The highest BCUT2D eigenvalue weighted by Gasteiger charge is 2.03. The fraction of sp³-hybridized carbons (Fsp3) is 0.400. The molecule has 0 aliphatic carbocycles. The highest BCUT2D eigenvalue weighted by Crippen LogP contribution is 2.07. The molecule has 0 aliphatic rings. The second kappa shape index (κ2) is 7.66. The van der Waals surface area contributed by atoms with Gasteiger partial charge in [0.15, 0.2) is 0 Å². The van der Waals surface area contributed by atoms with Crippen LogP contribution >= 0.6 is 0 Å². The van der Waals surface area contributed by atoms with Gasteiger partial charge in [-0.25, -0.2) is 0 Å². The summed E-state index contributed by atoms with van der Waals surface area (Å²) < 4.78 is 0. The molecule has 0 spiro atoms. The summed E-state index contributed by atoms with van der Waals surface area (Å²) in [4.78, 5) is 11.7. The summed E-state index contributed by atoms with van der Waals surface area (Å²) in [6.07, 6.45) is 6.10. The minimum absolute atomic E-state index is 0.00566. The molecule has 0 radical (unpaired) electrons. The fourth-order valence-corrected chi connectivity index (χ4v) is 1.59. The van der Waals surface area contributed by atoms with Gasteiger partial charge >= 0.3 is 0 Å². The van der Waals surface area contributed by atoms with Crippen LogP contribution in [0, 0.1) is 0 Å². The third-order valence-corrected chi connectivity index (χ3v) is 2.67. The van der Waals surface area contributed by atoms with Crippen molar-refractivity contribution in [2.45, 2.75) is 32.6 Å². The summed E-state index contributed by atoms with van der Waals surface area (Å²) in [5.41, 5.74) is 2.03. The van der Waals surface area contributed by atoms with E-state index >= 15 is 0 Å². The van der Waals surface area contributed by atoms with Crippen molar-refractivity contribution in [2.24, 2.45) is 0 Å². The van der Waals surface area contributed by atoms with Crippen LogP contribution in [0.4, 0.5) is 0 Å². The van der Waals surface area contributed by atoms with Gasteiger partial charge in [0.2, 0.25) is 0 Å². The Hall–Kier alpha value is -1.57. The van der Waals surface area contributed by atoms with Crippen LogP contribution < -0.4 is 5.32 Å². The fourth-order valence-electron chi connectivity index (χ4n) is 1.59. The maximum absolute atomic E-state index is 11.7. The predicted octanol–water partition coefficient (Wildman–Crippen LogP) is 3.34. The van der Waals surface area contributed by atoms with Crippen molar-refractivity contribution >= 4 is 5.91 Å². The van der Waals surface area contributed by atoms with Crippen molar-refractivity contribution in [2.75, 3.05) is 6.54 Å². The molecule has 0 unspecified atom stereocenters. The second-order valence-electron chi connectivity index (χ2n) is 4.13. The molecule has 0 bridgehead atoms. The molecule has 1 aromatic rings. The average Bonchev–Trinajstić information content (AvgIpc) is 2.37. The zero-order valence-corrected chi connectivity index (χ0v) is 10.5. The molecule has 1 amide bonds. The van der Waals surface area contributed by atoms with E-state index in [-0.39, 0.29) is 5.91 Å². The molecule has 0 fully saturated rings. The number of nitrogens with one attached hydrogen (secondary N) is 1. The van der Waals surface area contributed by atoms with Gasteiger partial charge in [-0.2, -0.15) is 0 Å². The minimum Gasteiger partial charge on any atom is -0.352 e. The van der Waals surface area contributed by atoms with Crippen LogP contribution in [0.15, 0.2) is 36.9 Å². The Morgan fingerprint density at radius 2 is 2.06 bits per heavy atom. The number of amides is 1. The SMILES string of the molecule is C=CCCNC(=O)c1ccc(CCCC)cc1. The van der Waals surface area contributed by atoms with Gasteiger partial charge in [-0.1, -0.05) is 31.6 Å². The first kappa shape index (κ1) is 13.5. The Morgan fingerprint density at radius 3 is 2.65 bits per heavy atom. The summed E-state index contributed by atoms with van der Waals surface area (Å²) in [6, 6.07) is 7.87. The summed E-state index contributed by atoms with van der Waals surface area (Å²) in [5, 5.41) is 2.85. The molecule has 1 N–H and O–H groups in total. The Bertz CT molecular complexity index is 354. The van der Waals surface area contributed by atoms with E-state index in [9.17, 15) is 4.79 Å². The van der Waals surface area contributed by atoms with E-state index in [1.165, 1.54) is 18.4 Å². The van der Waals surface area contributed by atoms with Crippen LogP contribution in [0.2, 0.25) is 0 Å². The summed E-state index contributed by atoms with van der Waals surface area (Å²) in [6.45, 7) is 6.45. The van der Waals surface area contributed by atoms with E-state index in [4.69, 9.17) is 0 Å². The molecule has 0 heterocycles. The number of hydrogen-bond acceptors (Lipinski definition) is 1. The minimum atomic E-state index is -0.00566. The maximum atomic E-state index is 11.7. The smallest absolute Gasteiger partial charge is 0.251 e. The number of carbonyl (C=O) groups is 1. The van der Waals surface area contributed by atoms with Crippen LogP contribution in [-0.4, -0.2) is 12.5 Å². The normalized spacial score (nSPS) is 9.94. The van der Waals surface area contributed by atoms with Crippen LogP contribution in [0.25, 0.3) is 0 Å². The molecule has 2 heteroatoms. The van der Waals surface area contributed by atoms with E-state index in [0.717, 1.165) is 18.4 Å². The van der Waals surface area contributed by atoms with Crippen LogP contribution in [0.5, 0.6) is 0 Å². The molecule has 0 aromatic heterocycles. The van der Waals surface area contributed by atoms with Crippen molar-refractivity contribution in [3.05, 3.63) is 48.0 Å². The van der Waals surface area contributed by atoms with E-state index in [1.54, 1.807) is 6.08 Å². The lowest BCUT2D eigenvalue weighted by Gasteiger charge is -2.05. The lowest BCUT2D eigenvalue weighted by atomic mass is 10.1. The maximum Gasteiger partial charge on any atom is 0.251 e. The highest BCUT2D eigenvalue weighted by molar-refractivity contribution is 5.94. The largest absolute Gasteiger partial charge is 0.352 e. The standard InChI is InChI=1S/C15H21NO/c1-3-5-7-13-8-10-14(11-9-13)15(17)16-12-6-4-2/h4,8-11H,2-3,5-7,12H2,1H3,(H,16,17). The Balaban J connectivity index is 2.48. The third-order valence-electron chi connectivity index (χ3n) is 2.67.